The minimum absolute atomic E-state index is 0.0698. The smallest absolute Gasteiger partial charge is 0.224 e. The molecule has 0 bridgehead atoms. The Morgan fingerprint density at radius 2 is 1.82 bits per heavy atom. The fourth-order valence-corrected chi connectivity index (χ4v) is 5.51. The third kappa shape index (κ3) is 4.64. The van der Waals surface area contributed by atoms with Crippen molar-refractivity contribution in [2.24, 2.45) is 11.7 Å². The lowest BCUT2D eigenvalue weighted by Gasteiger charge is -2.29. The zero-order valence-corrected chi connectivity index (χ0v) is 20.1. The lowest BCUT2D eigenvalue weighted by molar-refractivity contribution is -0.122. The van der Waals surface area contributed by atoms with Crippen LogP contribution in [0.25, 0.3) is 11.2 Å². The number of carbonyl (C=O) groups is 1. The molecule has 180 valence electrons. The maximum atomic E-state index is 11.7. The number of amides is 1. The van der Waals surface area contributed by atoms with Crippen molar-refractivity contribution in [2.45, 2.75) is 63.1 Å². The zero-order valence-electron chi connectivity index (χ0n) is 18.5. The van der Waals surface area contributed by atoms with Gasteiger partial charge in [-0.05, 0) is 57.1 Å². The quantitative estimate of drug-likeness (QED) is 0.391. The Kier molecular flexibility index (Phi) is 6.50. The van der Waals surface area contributed by atoms with E-state index in [1.165, 1.54) is 0 Å². The summed E-state index contributed by atoms with van der Waals surface area (Å²) in [5.41, 5.74) is 7.44. The molecule has 2 aliphatic carbocycles. The number of fused-ring (bicyclic) bond motifs is 1. The summed E-state index contributed by atoms with van der Waals surface area (Å²) in [5.74, 6) is 0.708. The predicted molar refractivity (Wildman–Crippen MR) is 133 cm³/mol. The monoisotopic (exact) mass is 503 g/mol. The number of hydrogen-bond donors (Lipinski definition) is 4. The third-order valence-electron chi connectivity index (χ3n) is 6.83. The summed E-state index contributed by atoms with van der Waals surface area (Å²) in [7, 11) is 0. The van der Waals surface area contributed by atoms with Gasteiger partial charge in [0, 0.05) is 18.0 Å². The standard InChI is InChI=1S/C23H27Cl2N7O2/c24-16-2-1-3-17(25)19(16)30-23-29-18-11-27-22(28-13-6-9-15(33)10-13)31-21(18)32(23)14-7-4-12(5-8-14)20(26)34/h1-3,11-15,33H,4-10H2,(H2,26,34)(H,29,30)(H,27,28,31)/t12-,13-,14-,15-/m1/s1. The van der Waals surface area contributed by atoms with E-state index in [0.29, 0.717) is 58.1 Å². The summed E-state index contributed by atoms with van der Waals surface area (Å²) in [6.45, 7) is 0. The van der Waals surface area contributed by atoms with Crippen LogP contribution in [0.1, 0.15) is 51.0 Å². The van der Waals surface area contributed by atoms with Gasteiger partial charge in [0.2, 0.25) is 17.8 Å². The Labute approximate surface area is 207 Å². The molecule has 0 unspecified atom stereocenters. The molecule has 2 aromatic heterocycles. The van der Waals surface area contributed by atoms with Crippen LogP contribution < -0.4 is 16.4 Å². The zero-order chi connectivity index (χ0) is 23.8. The first-order valence-electron chi connectivity index (χ1n) is 11.6. The van der Waals surface area contributed by atoms with Crippen molar-refractivity contribution in [1.82, 2.24) is 19.5 Å². The van der Waals surface area contributed by atoms with Gasteiger partial charge in [-0.3, -0.25) is 9.36 Å². The molecule has 0 saturated heterocycles. The lowest BCUT2D eigenvalue weighted by Crippen LogP contribution is -2.28. The highest BCUT2D eigenvalue weighted by Gasteiger charge is 2.30. The van der Waals surface area contributed by atoms with Gasteiger partial charge in [-0.15, -0.1) is 0 Å². The molecule has 1 aromatic carbocycles. The second kappa shape index (κ2) is 9.56. The number of rotatable bonds is 6. The van der Waals surface area contributed by atoms with Gasteiger partial charge in [0.1, 0.15) is 5.52 Å². The topological polar surface area (TPSA) is 131 Å². The van der Waals surface area contributed by atoms with Crippen molar-refractivity contribution in [2.75, 3.05) is 10.6 Å². The summed E-state index contributed by atoms with van der Waals surface area (Å²) < 4.78 is 2.06. The SMILES string of the molecule is NC(=O)[C@H]1CC[C@H](n2c(Nc3c(Cl)cccc3Cl)nc3cnc(N[C@@H]4CC[C@@H](O)C4)nc32)CC1. The molecule has 2 heterocycles. The molecular formula is C23H27Cl2N7O2. The predicted octanol–water partition coefficient (Wildman–Crippen LogP) is 4.42. The normalized spacial score (nSPS) is 24.9. The second-order valence-corrected chi connectivity index (χ2v) is 9.96. The van der Waals surface area contributed by atoms with Gasteiger partial charge < -0.3 is 21.5 Å². The molecule has 0 spiro atoms. The maximum absolute atomic E-state index is 11.7. The molecule has 1 amide bonds. The Hall–Kier alpha value is -2.62. The fraction of sp³-hybridized carbons (Fsp3) is 0.478. The minimum atomic E-state index is -0.289. The Balaban J connectivity index is 1.52. The number of hydrogen-bond acceptors (Lipinski definition) is 7. The summed E-state index contributed by atoms with van der Waals surface area (Å²) in [5, 5.41) is 17.5. The molecule has 2 aliphatic rings. The van der Waals surface area contributed by atoms with Crippen molar-refractivity contribution < 1.29 is 9.90 Å². The second-order valence-electron chi connectivity index (χ2n) is 9.15. The molecule has 0 radical (unpaired) electrons. The van der Waals surface area contributed by atoms with Gasteiger partial charge >= 0.3 is 0 Å². The van der Waals surface area contributed by atoms with Crippen LogP contribution in [0.5, 0.6) is 0 Å². The number of aromatic nitrogens is 4. The first-order valence-corrected chi connectivity index (χ1v) is 12.3. The first-order chi connectivity index (χ1) is 16.4. The Morgan fingerprint density at radius 1 is 1.09 bits per heavy atom. The number of aliphatic hydroxyl groups excluding tert-OH is 1. The molecule has 2 saturated carbocycles. The van der Waals surface area contributed by atoms with Crippen LogP contribution in [0, 0.1) is 5.92 Å². The molecule has 34 heavy (non-hydrogen) atoms. The van der Waals surface area contributed by atoms with Crippen LogP contribution in [0.4, 0.5) is 17.6 Å². The van der Waals surface area contributed by atoms with Crippen LogP contribution >= 0.6 is 23.2 Å². The summed E-state index contributed by atoms with van der Waals surface area (Å²) >= 11 is 12.8. The van der Waals surface area contributed by atoms with Crippen molar-refractivity contribution >= 4 is 57.9 Å². The van der Waals surface area contributed by atoms with Gasteiger partial charge in [-0.2, -0.15) is 4.98 Å². The number of halogens is 2. The van der Waals surface area contributed by atoms with E-state index in [2.05, 4.69) is 20.2 Å². The first kappa shape index (κ1) is 23.1. The highest BCUT2D eigenvalue weighted by atomic mass is 35.5. The summed E-state index contributed by atoms with van der Waals surface area (Å²) in [6, 6.07) is 5.51. The molecule has 11 heteroatoms. The van der Waals surface area contributed by atoms with Crippen molar-refractivity contribution in [3.63, 3.8) is 0 Å². The van der Waals surface area contributed by atoms with E-state index >= 15 is 0 Å². The van der Waals surface area contributed by atoms with E-state index in [0.717, 1.165) is 25.7 Å². The van der Waals surface area contributed by atoms with Crippen LogP contribution in [0.2, 0.25) is 10.0 Å². The van der Waals surface area contributed by atoms with Crippen molar-refractivity contribution in [1.29, 1.82) is 0 Å². The third-order valence-corrected chi connectivity index (χ3v) is 7.46. The average molecular weight is 504 g/mol. The number of imidazole rings is 1. The highest BCUT2D eigenvalue weighted by Crippen LogP contribution is 2.39. The van der Waals surface area contributed by atoms with E-state index in [1.54, 1.807) is 24.4 Å². The van der Waals surface area contributed by atoms with Crippen LogP contribution in [0.15, 0.2) is 24.4 Å². The van der Waals surface area contributed by atoms with Crippen LogP contribution in [-0.4, -0.2) is 42.7 Å². The Morgan fingerprint density at radius 3 is 2.47 bits per heavy atom. The minimum Gasteiger partial charge on any atom is -0.393 e. The van der Waals surface area contributed by atoms with Crippen LogP contribution in [0.3, 0.4) is 0 Å². The van der Waals surface area contributed by atoms with E-state index in [-0.39, 0.29) is 30.0 Å². The number of carbonyl (C=O) groups excluding carboxylic acids is 1. The van der Waals surface area contributed by atoms with Crippen molar-refractivity contribution in [3.8, 4) is 0 Å². The van der Waals surface area contributed by atoms with E-state index in [9.17, 15) is 9.90 Å². The lowest BCUT2D eigenvalue weighted by atomic mass is 9.85. The highest BCUT2D eigenvalue weighted by molar-refractivity contribution is 6.39. The molecule has 0 aliphatic heterocycles. The maximum Gasteiger partial charge on any atom is 0.224 e. The number of primary amides is 1. The number of anilines is 3. The van der Waals surface area contributed by atoms with Gasteiger partial charge in [0.05, 0.1) is 28.0 Å². The molecule has 2 fully saturated rings. The number of nitrogens with one attached hydrogen (secondary N) is 2. The largest absolute Gasteiger partial charge is 0.393 e. The molecular weight excluding hydrogens is 477 g/mol. The number of nitrogens with zero attached hydrogens (tertiary/aromatic N) is 4. The number of benzene rings is 1. The number of para-hydroxylation sites is 1. The van der Waals surface area contributed by atoms with Gasteiger partial charge in [0.15, 0.2) is 5.65 Å². The van der Waals surface area contributed by atoms with E-state index in [1.807, 2.05) is 0 Å². The van der Waals surface area contributed by atoms with Crippen molar-refractivity contribution in [3.05, 3.63) is 34.4 Å². The van der Waals surface area contributed by atoms with Gasteiger partial charge in [-0.1, -0.05) is 29.3 Å². The van der Waals surface area contributed by atoms with E-state index < -0.39 is 0 Å². The molecule has 3 aromatic rings. The average Bonchev–Trinajstić information content (AvgIpc) is 3.38. The fourth-order valence-electron chi connectivity index (χ4n) is 5.01. The van der Waals surface area contributed by atoms with Gasteiger partial charge in [0.25, 0.3) is 0 Å². The van der Waals surface area contributed by atoms with Crippen LogP contribution in [-0.2, 0) is 4.79 Å². The molecule has 5 N–H and O–H groups in total. The Bertz CT molecular complexity index is 1190. The molecule has 2 atom stereocenters. The number of nitrogens with two attached hydrogens (primary N) is 1. The van der Waals surface area contributed by atoms with E-state index in [4.69, 9.17) is 38.9 Å². The molecule has 9 nitrogen and oxygen atoms in total. The summed E-state index contributed by atoms with van der Waals surface area (Å²) in [6.07, 6.45) is 6.69. The number of aliphatic hydroxyl groups is 1. The molecule has 5 rings (SSSR count). The summed E-state index contributed by atoms with van der Waals surface area (Å²) in [4.78, 5) is 25.7. The van der Waals surface area contributed by atoms with Gasteiger partial charge in [-0.25, -0.2) is 9.97 Å².